The number of alkyl halides is 1. The number of hydrogen-bond acceptors (Lipinski definition) is 2. The van der Waals surface area contributed by atoms with Gasteiger partial charge in [0.25, 0.3) is 0 Å². The smallest absolute Gasteiger partial charge is 0.220 e. The molecule has 0 saturated carbocycles. The largest absolute Gasteiger partial charge is 0.350 e. The molecule has 0 unspecified atom stereocenters. The third kappa shape index (κ3) is 4.83. The Morgan fingerprint density at radius 3 is 3.00 bits per heavy atom. The molecule has 0 aromatic carbocycles. The Bertz CT molecular complexity index is 311. The van der Waals surface area contributed by atoms with Gasteiger partial charge in [-0.15, -0.1) is 11.6 Å². The Kier molecular flexibility index (Phi) is 5.18. The number of aryl methyl sites for hydroxylation is 1. The lowest BCUT2D eigenvalue weighted by atomic mass is 10.2. The summed E-state index contributed by atoms with van der Waals surface area (Å²) in [4.78, 5) is 11.3. The number of unbranched alkanes of at least 4 members (excludes halogenated alkanes) is 1. The molecule has 0 bridgehead atoms. The second-order valence-electron chi connectivity index (χ2n) is 3.40. The van der Waals surface area contributed by atoms with Crippen LogP contribution in [0, 0.1) is 0 Å². The van der Waals surface area contributed by atoms with Crippen molar-refractivity contribution in [3.63, 3.8) is 0 Å². The summed E-state index contributed by atoms with van der Waals surface area (Å²) in [6.45, 7) is 0.501. The monoisotopic (exact) mass is 229 g/mol. The quantitative estimate of drug-likeness (QED) is 0.593. The molecule has 0 saturated heterocycles. The van der Waals surface area contributed by atoms with Gasteiger partial charge in [-0.1, -0.05) is 0 Å². The van der Waals surface area contributed by atoms with Gasteiger partial charge in [-0.2, -0.15) is 5.10 Å². The molecule has 0 aliphatic rings. The van der Waals surface area contributed by atoms with Gasteiger partial charge >= 0.3 is 0 Å². The molecule has 15 heavy (non-hydrogen) atoms. The number of carbonyl (C=O) groups excluding carboxylic acids is 1. The van der Waals surface area contributed by atoms with Crippen molar-refractivity contribution in [3.8, 4) is 0 Å². The standard InChI is InChI=1S/C10H16ClN3O/c1-14-7-5-9(13-14)8-12-10(15)4-2-3-6-11/h5,7H,2-4,6,8H2,1H3,(H,12,15). The molecule has 0 atom stereocenters. The molecule has 0 spiro atoms. The second-order valence-corrected chi connectivity index (χ2v) is 3.78. The number of hydrogen-bond donors (Lipinski definition) is 1. The lowest BCUT2D eigenvalue weighted by Gasteiger charge is -2.02. The topological polar surface area (TPSA) is 46.9 Å². The fourth-order valence-electron chi connectivity index (χ4n) is 1.22. The maximum Gasteiger partial charge on any atom is 0.220 e. The Morgan fingerprint density at radius 2 is 2.40 bits per heavy atom. The van der Waals surface area contributed by atoms with E-state index in [2.05, 4.69) is 10.4 Å². The van der Waals surface area contributed by atoms with Crippen LogP contribution >= 0.6 is 11.6 Å². The molecule has 1 heterocycles. The number of rotatable bonds is 6. The van der Waals surface area contributed by atoms with Crippen molar-refractivity contribution in [2.45, 2.75) is 25.8 Å². The van der Waals surface area contributed by atoms with Crippen LogP contribution in [0.25, 0.3) is 0 Å². The number of aromatic nitrogens is 2. The molecule has 1 aromatic heterocycles. The van der Waals surface area contributed by atoms with Crippen LogP contribution < -0.4 is 5.32 Å². The average molecular weight is 230 g/mol. The third-order valence-corrected chi connectivity index (χ3v) is 2.29. The van der Waals surface area contributed by atoms with Crippen LogP contribution in [0.5, 0.6) is 0 Å². The molecule has 4 nitrogen and oxygen atoms in total. The highest BCUT2D eigenvalue weighted by atomic mass is 35.5. The molecule has 5 heteroatoms. The summed E-state index contributed by atoms with van der Waals surface area (Å²) in [5, 5.41) is 6.97. The van der Waals surface area contributed by atoms with Crippen LogP contribution in [0.1, 0.15) is 25.0 Å². The minimum absolute atomic E-state index is 0.0609. The third-order valence-electron chi connectivity index (χ3n) is 2.02. The first-order chi connectivity index (χ1) is 7.22. The van der Waals surface area contributed by atoms with E-state index >= 15 is 0 Å². The zero-order valence-electron chi connectivity index (χ0n) is 8.87. The molecule has 1 amide bonds. The highest BCUT2D eigenvalue weighted by Gasteiger charge is 2.02. The van der Waals surface area contributed by atoms with E-state index in [1.165, 1.54) is 0 Å². The van der Waals surface area contributed by atoms with Gasteiger partial charge in [0.2, 0.25) is 5.91 Å². The number of amides is 1. The minimum Gasteiger partial charge on any atom is -0.350 e. The summed E-state index contributed by atoms with van der Waals surface area (Å²) < 4.78 is 1.72. The summed E-state index contributed by atoms with van der Waals surface area (Å²) in [7, 11) is 1.85. The van der Waals surface area contributed by atoms with Gasteiger partial charge < -0.3 is 5.32 Å². The first-order valence-corrected chi connectivity index (χ1v) is 5.57. The van der Waals surface area contributed by atoms with E-state index < -0.39 is 0 Å². The van der Waals surface area contributed by atoms with Crippen molar-refractivity contribution in [2.24, 2.45) is 7.05 Å². The van der Waals surface area contributed by atoms with Gasteiger partial charge in [0.05, 0.1) is 12.2 Å². The van der Waals surface area contributed by atoms with E-state index in [-0.39, 0.29) is 5.91 Å². The van der Waals surface area contributed by atoms with E-state index in [4.69, 9.17) is 11.6 Å². The maximum atomic E-state index is 11.3. The van der Waals surface area contributed by atoms with E-state index in [9.17, 15) is 4.79 Å². The summed E-state index contributed by atoms with van der Waals surface area (Å²) in [6, 6.07) is 1.89. The minimum atomic E-state index is 0.0609. The summed E-state index contributed by atoms with van der Waals surface area (Å²) >= 11 is 5.52. The molecule has 0 aliphatic carbocycles. The van der Waals surface area contributed by atoms with Gasteiger partial charge in [0.15, 0.2) is 0 Å². The number of nitrogens with one attached hydrogen (secondary N) is 1. The highest BCUT2D eigenvalue weighted by Crippen LogP contribution is 1.98. The molecule has 1 aromatic rings. The SMILES string of the molecule is Cn1ccc(CNC(=O)CCCCCl)n1. The lowest BCUT2D eigenvalue weighted by molar-refractivity contribution is -0.121. The van der Waals surface area contributed by atoms with Crippen molar-refractivity contribution >= 4 is 17.5 Å². The van der Waals surface area contributed by atoms with Gasteiger partial charge in [0.1, 0.15) is 0 Å². The summed E-state index contributed by atoms with van der Waals surface area (Å²) in [6.07, 6.45) is 4.13. The zero-order chi connectivity index (χ0) is 11.1. The van der Waals surface area contributed by atoms with Crippen LogP contribution in [0.3, 0.4) is 0 Å². The van der Waals surface area contributed by atoms with Crippen LogP contribution in [-0.4, -0.2) is 21.6 Å². The van der Waals surface area contributed by atoms with E-state index in [1.807, 2.05) is 19.3 Å². The fourth-order valence-corrected chi connectivity index (χ4v) is 1.40. The molecular weight excluding hydrogens is 214 g/mol. The summed E-state index contributed by atoms with van der Waals surface area (Å²) in [5.41, 5.74) is 0.878. The van der Waals surface area contributed by atoms with Crippen molar-refractivity contribution in [3.05, 3.63) is 18.0 Å². The Morgan fingerprint density at radius 1 is 1.60 bits per heavy atom. The Labute approximate surface area is 94.6 Å². The average Bonchev–Trinajstić information content (AvgIpc) is 2.62. The number of carbonyl (C=O) groups is 1. The van der Waals surface area contributed by atoms with Gasteiger partial charge in [-0.25, -0.2) is 0 Å². The van der Waals surface area contributed by atoms with Gasteiger partial charge in [0, 0.05) is 25.5 Å². The molecule has 1 rings (SSSR count). The van der Waals surface area contributed by atoms with E-state index in [0.29, 0.717) is 18.8 Å². The predicted octanol–water partition coefficient (Wildman–Crippen LogP) is 1.45. The fraction of sp³-hybridized carbons (Fsp3) is 0.600. The van der Waals surface area contributed by atoms with Crippen molar-refractivity contribution in [1.82, 2.24) is 15.1 Å². The molecular formula is C10H16ClN3O. The number of nitrogens with zero attached hydrogens (tertiary/aromatic N) is 2. The van der Waals surface area contributed by atoms with Gasteiger partial charge in [-0.3, -0.25) is 9.48 Å². The predicted molar refractivity (Wildman–Crippen MR) is 59.6 cm³/mol. The van der Waals surface area contributed by atoms with Crippen LogP contribution in [0.2, 0.25) is 0 Å². The maximum absolute atomic E-state index is 11.3. The number of halogens is 1. The van der Waals surface area contributed by atoms with Crippen molar-refractivity contribution in [2.75, 3.05) is 5.88 Å². The Balaban J connectivity index is 2.16. The van der Waals surface area contributed by atoms with Gasteiger partial charge in [-0.05, 0) is 18.9 Å². The van der Waals surface area contributed by atoms with E-state index in [0.717, 1.165) is 18.5 Å². The highest BCUT2D eigenvalue weighted by molar-refractivity contribution is 6.17. The van der Waals surface area contributed by atoms with Crippen LogP contribution in [0.15, 0.2) is 12.3 Å². The zero-order valence-corrected chi connectivity index (χ0v) is 9.63. The molecule has 0 radical (unpaired) electrons. The Hall–Kier alpha value is -1.03. The molecule has 0 aliphatic heterocycles. The van der Waals surface area contributed by atoms with Crippen LogP contribution in [-0.2, 0) is 18.4 Å². The molecule has 84 valence electrons. The van der Waals surface area contributed by atoms with Crippen LogP contribution in [0.4, 0.5) is 0 Å². The van der Waals surface area contributed by atoms with E-state index in [1.54, 1.807) is 4.68 Å². The molecule has 0 fully saturated rings. The first-order valence-electron chi connectivity index (χ1n) is 5.03. The normalized spacial score (nSPS) is 10.3. The summed E-state index contributed by atoms with van der Waals surface area (Å²) in [5.74, 6) is 0.679. The first kappa shape index (κ1) is 12.0. The van der Waals surface area contributed by atoms with Crippen molar-refractivity contribution < 1.29 is 4.79 Å². The second kappa shape index (κ2) is 6.45. The molecule has 1 N–H and O–H groups in total. The lowest BCUT2D eigenvalue weighted by Crippen LogP contribution is -2.22. The van der Waals surface area contributed by atoms with Crippen molar-refractivity contribution in [1.29, 1.82) is 0 Å².